The Kier molecular flexibility index (Phi) is 5.56. The summed E-state index contributed by atoms with van der Waals surface area (Å²) in [5, 5.41) is 0. The highest BCUT2D eigenvalue weighted by Gasteiger charge is 2.35. The van der Waals surface area contributed by atoms with Gasteiger partial charge >= 0.3 is 36.3 Å². The van der Waals surface area contributed by atoms with Crippen LogP contribution in [-0.4, -0.2) is 39.1 Å². The third-order valence-corrected chi connectivity index (χ3v) is 2.63. The molecule has 8 heteroatoms. The van der Waals surface area contributed by atoms with Gasteiger partial charge in [0.15, 0.2) is 0 Å². The van der Waals surface area contributed by atoms with Crippen molar-refractivity contribution in [3.8, 4) is 0 Å². The minimum atomic E-state index is -4.54. The third-order valence-electron chi connectivity index (χ3n) is 0.292. The predicted molar refractivity (Wildman–Crippen MR) is 40.4 cm³/mol. The van der Waals surface area contributed by atoms with E-state index >= 15 is 0 Å². The first-order valence-electron chi connectivity index (χ1n) is 1.29. The van der Waals surface area contributed by atoms with Crippen molar-refractivity contribution in [2.24, 2.45) is 0 Å². The van der Waals surface area contributed by atoms with Crippen LogP contribution in [0.1, 0.15) is 0 Å². The molecule has 0 rings (SSSR count). The first kappa shape index (κ1) is 13.2. The summed E-state index contributed by atoms with van der Waals surface area (Å²) in [6, 6.07) is 0. The molecule has 0 aliphatic heterocycles. The molecule has 0 aromatic rings. The Morgan fingerprint density at radius 1 is 1.22 bits per heavy atom. The van der Waals surface area contributed by atoms with Crippen LogP contribution in [0.5, 0.6) is 0 Å². The molecule has 0 heterocycles. The Bertz CT molecular complexity index is 168. The summed E-state index contributed by atoms with van der Waals surface area (Å²) in [5.74, 6) is 0. The maximum Gasteiger partial charge on any atom is 0.317 e. The van der Waals surface area contributed by atoms with E-state index in [0.29, 0.717) is 0 Å². The van der Waals surface area contributed by atoms with Crippen LogP contribution in [-0.2, 0) is 10.1 Å². The van der Waals surface area contributed by atoms with Gasteiger partial charge in [-0.05, 0) is 0 Å². The predicted octanol–water partition coefficient (Wildman–Crippen LogP) is 0.286. The lowest BCUT2D eigenvalue weighted by Gasteiger charge is -2.03. The summed E-state index contributed by atoms with van der Waals surface area (Å²) >= 11 is 14.1. The Morgan fingerprint density at radius 3 is 1.33 bits per heavy atom. The van der Waals surface area contributed by atoms with E-state index in [1.165, 1.54) is 0 Å². The van der Waals surface area contributed by atoms with Crippen molar-refractivity contribution in [2.75, 3.05) is 0 Å². The number of halogens is 3. The van der Waals surface area contributed by atoms with E-state index in [4.69, 9.17) is 39.4 Å². The third kappa shape index (κ3) is 4.89. The van der Waals surface area contributed by atoms with E-state index in [0.717, 1.165) is 0 Å². The van der Waals surface area contributed by atoms with E-state index in [9.17, 15) is 8.42 Å². The van der Waals surface area contributed by atoms with Crippen LogP contribution in [0.4, 0.5) is 0 Å². The highest BCUT2D eigenvalue weighted by molar-refractivity contribution is 7.92. The summed E-state index contributed by atoms with van der Waals surface area (Å²) in [6.45, 7) is 0. The van der Waals surface area contributed by atoms with Gasteiger partial charge in [0.1, 0.15) is 0 Å². The topological polar surface area (TPSA) is 54.4 Å². The minimum absolute atomic E-state index is 0. The maximum absolute atomic E-state index is 9.81. The summed E-state index contributed by atoms with van der Waals surface area (Å²) in [6.07, 6.45) is 0. The number of alkyl halides is 3. The Morgan fingerprint density at radius 2 is 1.33 bits per heavy atom. The fraction of sp³-hybridized carbons (Fsp3) is 1.00. The molecule has 0 spiro atoms. The molecule has 54 valence electrons. The molecule has 1 N–H and O–H groups in total. The zero-order chi connectivity index (χ0) is 7.00. The van der Waals surface area contributed by atoms with Crippen molar-refractivity contribution in [1.82, 2.24) is 0 Å². The van der Waals surface area contributed by atoms with E-state index in [-0.39, 0.29) is 23.1 Å². The Hall–Kier alpha value is 1.55. The molecule has 3 nitrogen and oxygen atoms in total. The summed E-state index contributed by atoms with van der Waals surface area (Å²) in [7, 11) is -4.54. The largest absolute Gasteiger partial charge is 0.317 e. The molecule has 0 aliphatic carbocycles. The normalized spacial score (nSPS) is 12.4. The standard InChI is InChI=1S/CHCl3O3S.Mg.2H/c2-1(3,4)8(5,6)7;;;/h(H,5,6,7);;;. The minimum Gasteiger partial charge on any atom is -0.282 e. The molecule has 0 radical (unpaired) electrons. The van der Waals surface area contributed by atoms with Gasteiger partial charge in [0, 0.05) is 0 Å². The average molecular weight is 226 g/mol. The van der Waals surface area contributed by atoms with Crippen LogP contribution < -0.4 is 0 Å². The highest BCUT2D eigenvalue weighted by atomic mass is 35.6. The van der Waals surface area contributed by atoms with Crippen LogP contribution in [0.15, 0.2) is 0 Å². The van der Waals surface area contributed by atoms with E-state index in [1.54, 1.807) is 0 Å². The van der Waals surface area contributed by atoms with Crippen LogP contribution in [0.3, 0.4) is 0 Å². The van der Waals surface area contributed by atoms with Crippen molar-refractivity contribution in [2.45, 2.75) is 3.12 Å². The number of hydrogen-bond acceptors (Lipinski definition) is 2. The van der Waals surface area contributed by atoms with E-state index in [1.807, 2.05) is 0 Å². The van der Waals surface area contributed by atoms with Gasteiger partial charge in [0.05, 0.1) is 0 Å². The molecular formula is CH3Cl3MgO3S. The summed E-state index contributed by atoms with van der Waals surface area (Å²) in [4.78, 5) is 0. The van der Waals surface area contributed by atoms with Crippen molar-refractivity contribution >= 4 is 68.0 Å². The summed E-state index contributed by atoms with van der Waals surface area (Å²) in [5.41, 5.74) is 0. The molecule has 0 atom stereocenters. The quantitative estimate of drug-likeness (QED) is 0.366. The average Bonchev–Trinajstić information content (AvgIpc) is 1.25. The zero-order valence-corrected chi connectivity index (χ0v) is 6.39. The van der Waals surface area contributed by atoms with Crippen LogP contribution in [0.2, 0.25) is 0 Å². The monoisotopic (exact) mass is 224 g/mol. The highest BCUT2D eigenvalue weighted by Crippen LogP contribution is 2.31. The van der Waals surface area contributed by atoms with Gasteiger partial charge in [0.2, 0.25) is 0 Å². The Labute approximate surface area is 83.5 Å². The van der Waals surface area contributed by atoms with E-state index in [2.05, 4.69) is 0 Å². The summed E-state index contributed by atoms with van der Waals surface area (Å²) < 4.78 is 24.9. The molecule has 0 aromatic heterocycles. The first-order valence-corrected chi connectivity index (χ1v) is 3.86. The maximum atomic E-state index is 9.81. The SMILES string of the molecule is O=S(=O)(O)C(Cl)(Cl)Cl.[MgH2]. The second kappa shape index (κ2) is 3.80. The van der Waals surface area contributed by atoms with Gasteiger partial charge in [-0.3, -0.25) is 4.55 Å². The second-order valence-corrected chi connectivity index (χ2v) is 5.44. The van der Waals surface area contributed by atoms with Gasteiger partial charge in [-0.1, -0.05) is 34.8 Å². The number of hydrogen-bond donors (Lipinski definition) is 1. The van der Waals surface area contributed by atoms with Gasteiger partial charge in [-0.25, -0.2) is 0 Å². The second-order valence-electron chi connectivity index (χ2n) is 0.921. The van der Waals surface area contributed by atoms with Crippen molar-refractivity contribution in [3.05, 3.63) is 0 Å². The molecular weight excluding hydrogens is 223 g/mol. The molecule has 0 fully saturated rings. The van der Waals surface area contributed by atoms with Crippen molar-refractivity contribution in [3.63, 3.8) is 0 Å². The van der Waals surface area contributed by atoms with E-state index < -0.39 is 13.2 Å². The molecule has 0 unspecified atom stereocenters. The van der Waals surface area contributed by atoms with Crippen LogP contribution in [0.25, 0.3) is 0 Å². The molecule has 0 aliphatic rings. The zero-order valence-electron chi connectivity index (χ0n) is 3.31. The van der Waals surface area contributed by atoms with Crippen LogP contribution in [0, 0.1) is 0 Å². The van der Waals surface area contributed by atoms with Crippen LogP contribution >= 0.6 is 34.8 Å². The first-order chi connectivity index (χ1) is 3.25. The Balaban J connectivity index is 0. The molecule has 0 bridgehead atoms. The van der Waals surface area contributed by atoms with Gasteiger partial charge in [0.25, 0.3) is 0 Å². The number of rotatable bonds is 0. The fourth-order valence-corrected chi connectivity index (χ4v) is 0. The molecule has 9 heavy (non-hydrogen) atoms. The van der Waals surface area contributed by atoms with Crippen molar-refractivity contribution < 1.29 is 13.0 Å². The lowest BCUT2D eigenvalue weighted by Crippen LogP contribution is -2.17. The molecule has 0 saturated heterocycles. The lowest BCUT2D eigenvalue weighted by molar-refractivity contribution is 0.483. The van der Waals surface area contributed by atoms with Gasteiger partial charge < -0.3 is 0 Å². The van der Waals surface area contributed by atoms with Crippen molar-refractivity contribution in [1.29, 1.82) is 0 Å². The molecule has 0 amide bonds. The fourth-order valence-electron chi connectivity index (χ4n) is 0. The lowest BCUT2D eigenvalue weighted by atomic mass is 11.8. The smallest absolute Gasteiger partial charge is 0.282 e. The molecule has 0 aromatic carbocycles. The van der Waals surface area contributed by atoms with Gasteiger partial charge in [-0.15, -0.1) is 0 Å². The molecule has 0 saturated carbocycles. The van der Waals surface area contributed by atoms with Gasteiger partial charge in [-0.2, -0.15) is 8.42 Å².